The lowest BCUT2D eigenvalue weighted by atomic mass is 10.2. The Morgan fingerprint density at radius 1 is 1.13 bits per heavy atom. The molecule has 0 saturated heterocycles. The summed E-state index contributed by atoms with van der Waals surface area (Å²) in [4.78, 5) is 1.78. The van der Waals surface area contributed by atoms with Gasteiger partial charge in [-0.1, -0.05) is 43.5 Å². The third-order valence-electron chi connectivity index (χ3n) is 1.94. The largest absolute Gasteiger partial charge is 0.386 e. The van der Waals surface area contributed by atoms with E-state index in [1.807, 2.05) is 30.6 Å². The van der Waals surface area contributed by atoms with Gasteiger partial charge in [0.1, 0.15) is 0 Å². The van der Waals surface area contributed by atoms with Crippen molar-refractivity contribution in [1.82, 2.24) is 10.2 Å². The van der Waals surface area contributed by atoms with Gasteiger partial charge >= 0.3 is 0 Å². The quantitative estimate of drug-likeness (QED) is 0.759. The van der Waals surface area contributed by atoms with Gasteiger partial charge < -0.3 is 10.2 Å². The summed E-state index contributed by atoms with van der Waals surface area (Å²) in [6.07, 6.45) is 7.11. The summed E-state index contributed by atoms with van der Waals surface area (Å²) in [5.74, 6) is 0. The highest BCUT2D eigenvalue weighted by Crippen LogP contribution is 1.97. The molecule has 0 atom stereocenters. The Morgan fingerprint density at radius 2 is 1.80 bits per heavy atom. The van der Waals surface area contributed by atoms with E-state index < -0.39 is 0 Å². The fourth-order valence-electron chi connectivity index (χ4n) is 1.11. The minimum atomic E-state index is 0.819. The molecule has 1 aromatic carbocycles. The van der Waals surface area contributed by atoms with Gasteiger partial charge in [-0.3, -0.25) is 0 Å². The number of benzene rings is 1. The number of rotatable bonds is 6. The predicted molar refractivity (Wildman–Crippen MR) is 64.7 cm³/mol. The van der Waals surface area contributed by atoms with Crippen LogP contribution in [0.3, 0.4) is 0 Å². The van der Waals surface area contributed by atoms with E-state index in [1.165, 1.54) is 5.56 Å². The van der Waals surface area contributed by atoms with Gasteiger partial charge in [0.25, 0.3) is 0 Å². The smallest absolute Gasteiger partial charge is 0.0395 e. The van der Waals surface area contributed by atoms with Crippen LogP contribution >= 0.6 is 0 Å². The maximum atomic E-state index is 3.64. The molecular weight excluding hydrogens is 184 g/mol. The third-order valence-corrected chi connectivity index (χ3v) is 1.94. The van der Waals surface area contributed by atoms with Crippen molar-refractivity contribution in [2.75, 3.05) is 0 Å². The minimum absolute atomic E-state index is 0.819. The van der Waals surface area contributed by atoms with E-state index >= 15 is 0 Å². The van der Waals surface area contributed by atoms with Crippen molar-refractivity contribution >= 4 is 0 Å². The van der Waals surface area contributed by atoms with Crippen molar-refractivity contribution in [1.29, 1.82) is 0 Å². The van der Waals surface area contributed by atoms with Crippen molar-refractivity contribution in [3.05, 3.63) is 73.9 Å². The first-order chi connectivity index (χ1) is 7.36. The summed E-state index contributed by atoms with van der Waals surface area (Å²) < 4.78 is 0. The van der Waals surface area contributed by atoms with E-state index in [0.717, 1.165) is 6.54 Å². The van der Waals surface area contributed by atoms with Gasteiger partial charge in [0.2, 0.25) is 0 Å². The van der Waals surface area contributed by atoms with Crippen molar-refractivity contribution in [2.45, 2.75) is 6.54 Å². The van der Waals surface area contributed by atoms with Gasteiger partial charge in [0, 0.05) is 31.3 Å². The fourth-order valence-corrected chi connectivity index (χ4v) is 1.11. The molecule has 0 aliphatic carbocycles. The summed E-state index contributed by atoms with van der Waals surface area (Å²) in [7, 11) is 0. The Kier molecular flexibility index (Phi) is 4.81. The van der Waals surface area contributed by atoms with Crippen LogP contribution in [0.25, 0.3) is 0 Å². The summed E-state index contributed by atoms with van der Waals surface area (Å²) in [5.41, 5.74) is 1.26. The van der Waals surface area contributed by atoms with Crippen LogP contribution < -0.4 is 5.32 Å². The number of hydrogen-bond donors (Lipinski definition) is 1. The lowest BCUT2D eigenvalue weighted by Gasteiger charge is -2.07. The lowest BCUT2D eigenvalue weighted by Crippen LogP contribution is -2.06. The Balaban J connectivity index is 2.33. The van der Waals surface area contributed by atoms with Crippen molar-refractivity contribution < 1.29 is 0 Å². The van der Waals surface area contributed by atoms with Crippen LogP contribution in [0.5, 0.6) is 0 Å². The average molecular weight is 200 g/mol. The molecule has 2 heteroatoms. The van der Waals surface area contributed by atoms with Crippen LogP contribution in [-0.4, -0.2) is 4.90 Å². The minimum Gasteiger partial charge on any atom is -0.386 e. The molecule has 15 heavy (non-hydrogen) atoms. The fraction of sp³-hybridized carbons (Fsp3) is 0.0769. The Bertz CT molecular complexity index is 320. The zero-order chi connectivity index (χ0) is 10.9. The maximum absolute atomic E-state index is 3.64. The maximum Gasteiger partial charge on any atom is 0.0395 e. The monoisotopic (exact) mass is 200 g/mol. The van der Waals surface area contributed by atoms with Crippen LogP contribution in [0.4, 0.5) is 0 Å². The Morgan fingerprint density at radius 3 is 2.40 bits per heavy atom. The second kappa shape index (κ2) is 6.49. The highest BCUT2D eigenvalue weighted by atomic mass is 15.1. The standard InChI is InChI=1S/C13H16N2/c1-3-15(4-2)11-10-14-12-13-8-6-5-7-9-13/h3-11,14H,1-2,12H2/b11-10-. The molecule has 0 amide bonds. The molecule has 78 valence electrons. The van der Waals surface area contributed by atoms with E-state index in [9.17, 15) is 0 Å². The topological polar surface area (TPSA) is 15.3 Å². The van der Waals surface area contributed by atoms with Gasteiger partial charge in [0.15, 0.2) is 0 Å². The van der Waals surface area contributed by atoms with Crippen LogP contribution in [0.15, 0.2) is 68.3 Å². The molecular formula is C13H16N2. The SMILES string of the molecule is C=CN(C=C)/C=C\NCc1ccccc1. The lowest BCUT2D eigenvalue weighted by molar-refractivity contribution is 0.685. The second-order valence-corrected chi connectivity index (χ2v) is 2.99. The van der Waals surface area contributed by atoms with Crippen molar-refractivity contribution in [3.8, 4) is 0 Å². The summed E-state index contributed by atoms with van der Waals surface area (Å²) >= 11 is 0. The summed E-state index contributed by atoms with van der Waals surface area (Å²) in [6.45, 7) is 8.11. The van der Waals surface area contributed by atoms with Crippen LogP contribution in [0.2, 0.25) is 0 Å². The van der Waals surface area contributed by atoms with Crippen LogP contribution in [-0.2, 0) is 6.54 Å². The molecule has 0 aliphatic heterocycles. The molecule has 0 heterocycles. The molecule has 0 bridgehead atoms. The molecule has 2 nitrogen and oxygen atoms in total. The first kappa shape index (κ1) is 11.1. The van der Waals surface area contributed by atoms with E-state index in [0.29, 0.717) is 0 Å². The van der Waals surface area contributed by atoms with Crippen molar-refractivity contribution in [2.24, 2.45) is 0 Å². The average Bonchev–Trinajstić information content (AvgIpc) is 2.31. The first-order valence-electron chi connectivity index (χ1n) is 4.83. The molecule has 1 aromatic rings. The summed E-state index contributed by atoms with van der Waals surface area (Å²) in [6, 6.07) is 10.2. The van der Waals surface area contributed by atoms with Gasteiger partial charge in [0.05, 0.1) is 0 Å². The first-order valence-corrected chi connectivity index (χ1v) is 4.83. The van der Waals surface area contributed by atoms with Gasteiger partial charge in [-0.25, -0.2) is 0 Å². The molecule has 0 spiro atoms. The number of nitrogens with one attached hydrogen (secondary N) is 1. The predicted octanol–water partition coefficient (Wildman–Crippen LogP) is 2.84. The molecule has 0 radical (unpaired) electrons. The van der Waals surface area contributed by atoms with Gasteiger partial charge in [-0.05, 0) is 5.56 Å². The highest BCUT2D eigenvalue weighted by Gasteiger charge is 1.86. The molecule has 0 aromatic heterocycles. The number of hydrogen-bond acceptors (Lipinski definition) is 2. The van der Waals surface area contributed by atoms with Crippen molar-refractivity contribution in [3.63, 3.8) is 0 Å². The third kappa shape index (κ3) is 4.18. The summed E-state index contributed by atoms with van der Waals surface area (Å²) in [5, 5.41) is 3.18. The zero-order valence-corrected chi connectivity index (χ0v) is 8.76. The Hall–Kier alpha value is -1.96. The zero-order valence-electron chi connectivity index (χ0n) is 8.76. The normalized spacial score (nSPS) is 9.87. The van der Waals surface area contributed by atoms with Crippen LogP contribution in [0, 0.1) is 0 Å². The molecule has 0 fully saturated rings. The molecule has 0 aliphatic rings. The van der Waals surface area contributed by atoms with E-state index in [-0.39, 0.29) is 0 Å². The Labute approximate surface area is 91.2 Å². The molecule has 1 N–H and O–H groups in total. The molecule has 1 rings (SSSR count). The van der Waals surface area contributed by atoms with E-state index in [1.54, 1.807) is 17.3 Å². The number of nitrogens with zero attached hydrogens (tertiary/aromatic N) is 1. The van der Waals surface area contributed by atoms with Crippen LogP contribution in [0.1, 0.15) is 5.56 Å². The second-order valence-electron chi connectivity index (χ2n) is 2.99. The molecule has 0 unspecified atom stereocenters. The van der Waals surface area contributed by atoms with E-state index in [4.69, 9.17) is 0 Å². The van der Waals surface area contributed by atoms with E-state index in [2.05, 4.69) is 30.6 Å². The molecule has 0 saturated carbocycles. The highest BCUT2D eigenvalue weighted by molar-refractivity contribution is 5.14. The van der Waals surface area contributed by atoms with Gasteiger partial charge in [-0.15, -0.1) is 0 Å². The van der Waals surface area contributed by atoms with Gasteiger partial charge in [-0.2, -0.15) is 0 Å².